The highest BCUT2D eigenvalue weighted by atomic mass is 16.5. The molecule has 1 aromatic carbocycles. The van der Waals surface area contributed by atoms with Crippen LogP contribution < -0.4 is 10.9 Å². The SMILES string of the molecule is COC[C@H](O)CNC(=O)CCc1c(C)c2cc3c(C)coc3cc2oc1=O. The minimum atomic E-state index is -0.757. The second kappa shape index (κ2) is 7.94. The van der Waals surface area contributed by atoms with Gasteiger partial charge in [0.1, 0.15) is 11.2 Å². The molecule has 27 heavy (non-hydrogen) atoms. The average molecular weight is 373 g/mol. The van der Waals surface area contributed by atoms with Crippen LogP contribution in [0.5, 0.6) is 0 Å². The third kappa shape index (κ3) is 4.04. The summed E-state index contributed by atoms with van der Waals surface area (Å²) in [6.45, 7) is 4.07. The Morgan fingerprint density at radius 1 is 1.26 bits per heavy atom. The van der Waals surface area contributed by atoms with E-state index in [4.69, 9.17) is 13.6 Å². The van der Waals surface area contributed by atoms with Gasteiger partial charge in [0.15, 0.2) is 0 Å². The second-order valence-electron chi connectivity index (χ2n) is 6.67. The molecule has 0 radical (unpaired) electrons. The van der Waals surface area contributed by atoms with Crippen LogP contribution in [0.25, 0.3) is 21.9 Å². The van der Waals surface area contributed by atoms with Crippen molar-refractivity contribution in [1.82, 2.24) is 5.32 Å². The van der Waals surface area contributed by atoms with Crippen LogP contribution in [0.2, 0.25) is 0 Å². The number of fused-ring (bicyclic) bond motifs is 2. The number of benzene rings is 1. The second-order valence-corrected chi connectivity index (χ2v) is 6.67. The molecule has 1 amide bonds. The van der Waals surface area contributed by atoms with Crippen molar-refractivity contribution >= 4 is 27.8 Å². The molecule has 0 aliphatic rings. The number of carbonyl (C=O) groups excluding carboxylic acids is 1. The molecule has 3 rings (SSSR count). The van der Waals surface area contributed by atoms with Gasteiger partial charge in [-0.25, -0.2) is 4.79 Å². The van der Waals surface area contributed by atoms with Gasteiger partial charge in [-0.2, -0.15) is 0 Å². The van der Waals surface area contributed by atoms with Crippen LogP contribution in [0.15, 0.2) is 32.0 Å². The molecular formula is C20H23NO6. The van der Waals surface area contributed by atoms with Gasteiger partial charge in [-0.1, -0.05) is 0 Å². The minimum Gasteiger partial charge on any atom is -0.464 e. The Morgan fingerprint density at radius 3 is 2.78 bits per heavy atom. The van der Waals surface area contributed by atoms with Crippen molar-refractivity contribution in [2.75, 3.05) is 20.3 Å². The smallest absolute Gasteiger partial charge is 0.339 e. The van der Waals surface area contributed by atoms with Gasteiger partial charge in [0.05, 0.1) is 19.0 Å². The topological polar surface area (TPSA) is 102 Å². The molecule has 0 aliphatic carbocycles. The number of nitrogens with one attached hydrogen (secondary N) is 1. The molecule has 0 saturated carbocycles. The summed E-state index contributed by atoms with van der Waals surface area (Å²) in [7, 11) is 1.48. The average Bonchev–Trinajstić information content (AvgIpc) is 2.99. The lowest BCUT2D eigenvalue weighted by molar-refractivity contribution is -0.121. The van der Waals surface area contributed by atoms with Gasteiger partial charge >= 0.3 is 5.63 Å². The van der Waals surface area contributed by atoms with Gasteiger partial charge < -0.3 is 24.0 Å². The summed E-state index contributed by atoms with van der Waals surface area (Å²) in [6.07, 6.45) is 1.30. The lowest BCUT2D eigenvalue weighted by atomic mass is 10.0. The number of aryl methyl sites for hydroxylation is 2. The van der Waals surface area contributed by atoms with Crippen LogP contribution in [0.1, 0.15) is 23.1 Å². The predicted octanol–water partition coefficient (Wildman–Crippen LogP) is 2.21. The highest BCUT2D eigenvalue weighted by Crippen LogP contribution is 2.28. The molecule has 3 aromatic rings. The molecular weight excluding hydrogens is 350 g/mol. The summed E-state index contributed by atoms with van der Waals surface area (Å²) in [6, 6.07) is 3.67. The summed E-state index contributed by atoms with van der Waals surface area (Å²) in [5, 5.41) is 14.0. The van der Waals surface area contributed by atoms with Crippen molar-refractivity contribution in [3.05, 3.63) is 45.5 Å². The Morgan fingerprint density at radius 2 is 2.04 bits per heavy atom. The van der Waals surface area contributed by atoms with E-state index in [2.05, 4.69) is 5.32 Å². The maximum absolute atomic E-state index is 12.4. The number of amides is 1. The molecule has 7 heteroatoms. The number of rotatable bonds is 7. The number of hydrogen-bond donors (Lipinski definition) is 2. The van der Waals surface area contributed by atoms with Crippen molar-refractivity contribution in [2.24, 2.45) is 0 Å². The first kappa shape index (κ1) is 19.1. The number of aliphatic hydroxyl groups is 1. The number of furan rings is 1. The predicted molar refractivity (Wildman–Crippen MR) is 101 cm³/mol. The number of hydrogen-bond acceptors (Lipinski definition) is 6. The zero-order valence-electron chi connectivity index (χ0n) is 15.6. The first-order valence-corrected chi connectivity index (χ1v) is 8.78. The molecule has 0 aliphatic heterocycles. The van der Waals surface area contributed by atoms with E-state index in [1.165, 1.54) is 7.11 Å². The summed E-state index contributed by atoms with van der Waals surface area (Å²) >= 11 is 0. The van der Waals surface area contributed by atoms with Gasteiger partial charge in [-0.05, 0) is 37.5 Å². The van der Waals surface area contributed by atoms with E-state index < -0.39 is 11.7 Å². The van der Waals surface area contributed by atoms with E-state index in [1.807, 2.05) is 19.9 Å². The van der Waals surface area contributed by atoms with E-state index in [1.54, 1.807) is 12.3 Å². The van der Waals surface area contributed by atoms with Gasteiger partial charge in [0.25, 0.3) is 0 Å². The molecule has 2 aromatic heterocycles. The normalized spacial score (nSPS) is 12.6. The van der Waals surface area contributed by atoms with Gasteiger partial charge in [0, 0.05) is 42.5 Å². The zero-order valence-corrected chi connectivity index (χ0v) is 15.6. The lowest BCUT2D eigenvalue weighted by Crippen LogP contribution is -2.34. The maximum Gasteiger partial charge on any atom is 0.339 e. The summed E-state index contributed by atoms with van der Waals surface area (Å²) < 4.78 is 15.7. The molecule has 2 N–H and O–H groups in total. The van der Waals surface area contributed by atoms with Crippen LogP contribution in [-0.4, -0.2) is 37.4 Å². The molecule has 0 spiro atoms. The minimum absolute atomic E-state index is 0.107. The fourth-order valence-electron chi connectivity index (χ4n) is 3.14. The van der Waals surface area contributed by atoms with Crippen molar-refractivity contribution in [3.8, 4) is 0 Å². The molecule has 2 heterocycles. The van der Waals surface area contributed by atoms with Crippen molar-refractivity contribution in [2.45, 2.75) is 32.8 Å². The lowest BCUT2D eigenvalue weighted by Gasteiger charge is -2.11. The van der Waals surface area contributed by atoms with E-state index in [-0.39, 0.29) is 31.9 Å². The fourth-order valence-corrected chi connectivity index (χ4v) is 3.14. The molecule has 144 valence electrons. The number of aliphatic hydroxyl groups excluding tert-OH is 1. The standard InChI is InChI=1S/C20H23NO6/c1-11-9-26-17-7-18-16(6-15(11)17)12(2)14(20(24)27-18)4-5-19(23)21-8-13(22)10-25-3/h6-7,9,13,22H,4-5,8,10H2,1-3H3,(H,21,23)/t13-/m1/s1. The third-order valence-corrected chi connectivity index (χ3v) is 4.67. The van der Waals surface area contributed by atoms with Crippen molar-refractivity contribution < 1.29 is 23.5 Å². The van der Waals surface area contributed by atoms with Crippen LogP contribution in [-0.2, 0) is 16.0 Å². The van der Waals surface area contributed by atoms with Crippen molar-refractivity contribution in [1.29, 1.82) is 0 Å². The summed E-state index contributed by atoms with van der Waals surface area (Å²) in [4.78, 5) is 24.4. The van der Waals surface area contributed by atoms with E-state index in [0.717, 1.165) is 21.9 Å². The van der Waals surface area contributed by atoms with Crippen LogP contribution >= 0.6 is 0 Å². The van der Waals surface area contributed by atoms with Crippen LogP contribution in [0, 0.1) is 13.8 Å². The summed E-state index contributed by atoms with van der Waals surface area (Å²) in [5.41, 5.74) is 2.98. The van der Waals surface area contributed by atoms with Gasteiger partial charge in [-0.15, -0.1) is 0 Å². The molecule has 7 nitrogen and oxygen atoms in total. The zero-order chi connectivity index (χ0) is 19.6. The molecule has 0 saturated heterocycles. The first-order chi connectivity index (χ1) is 12.9. The number of methoxy groups -OCH3 is 1. The Balaban J connectivity index is 1.80. The van der Waals surface area contributed by atoms with Gasteiger partial charge in [0.2, 0.25) is 5.91 Å². The third-order valence-electron chi connectivity index (χ3n) is 4.67. The Labute approximate surface area is 155 Å². The van der Waals surface area contributed by atoms with E-state index in [9.17, 15) is 14.7 Å². The maximum atomic E-state index is 12.4. The quantitative estimate of drug-likeness (QED) is 0.616. The Bertz CT molecular complexity index is 1030. The van der Waals surface area contributed by atoms with Crippen molar-refractivity contribution in [3.63, 3.8) is 0 Å². The van der Waals surface area contributed by atoms with E-state index >= 15 is 0 Å². The first-order valence-electron chi connectivity index (χ1n) is 8.78. The fraction of sp³-hybridized carbons (Fsp3) is 0.400. The number of carbonyl (C=O) groups is 1. The molecule has 0 fully saturated rings. The summed E-state index contributed by atoms with van der Waals surface area (Å²) in [5.74, 6) is -0.245. The van der Waals surface area contributed by atoms with E-state index in [0.29, 0.717) is 16.7 Å². The van der Waals surface area contributed by atoms with Crippen LogP contribution in [0.4, 0.5) is 0 Å². The largest absolute Gasteiger partial charge is 0.464 e. The Hall–Kier alpha value is -2.64. The molecule has 1 atom stereocenters. The van der Waals surface area contributed by atoms with Gasteiger partial charge in [-0.3, -0.25) is 4.79 Å². The van der Waals surface area contributed by atoms with Crippen LogP contribution in [0.3, 0.4) is 0 Å². The molecule has 0 bridgehead atoms. The highest BCUT2D eigenvalue weighted by molar-refractivity contribution is 5.96. The highest BCUT2D eigenvalue weighted by Gasteiger charge is 2.15. The monoisotopic (exact) mass is 373 g/mol. The Kier molecular flexibility index (Phi) is 5.62. The molecule has 0 unspecified atom stereocenters. The number of ether oxygens (including phenoxy) is 1.